The normalized spacial score (nSPS) is 16.8. The summed E-state index contributed by atoms with van der Waals surface area (Å²) in [5.74, 6) is 0.784. The van der Waals surface area contributed by atoms with Crippen molar-refractivity contribution in [2.75, 3.05) is 5.32 Å². The summed E-state index contributed by atoms with van der Waals surface area (Å²) in [6.45, 7) is 4.45. The first-order chi connectivity index (χ1) is 6.59. The average molecular weight is 211 g/mol. The van der Waals surface area contributed by atoms with Crippen molar-refractivity contribution in [2.45, 2.75) is 32.2 Å². The van der Waals surface area contributed by atoms with Gasteiger partial charge in [-0.3, -0.25) is 4.98 Å². The molecule has 0 saturated heterocycles. The number of aromatic nitrogens is 1. The van der Waals surface area contributed by atoms with Gasteiger partial charge in [0.15, 0.2) is 0 Å². The molecule has 0 bridgehead atoms. The van der Waals surface area contributed by atoms with E-state index in [0.717, 1.165) is 11.6 Å². The zero-order valence-electron chi connectivity index (χ0n) is 8.55. The highest BCUT2D eigenvalue weighted by Crippen LogP contribution is 2.41. The lowest BCUT2D eigenvalue weighted by atomic mass is 9.98. The fourth-order valence-corrected chi connectivity index (χ4v) is 1.90. The highest BCUT2D eigenvalue weighted by atomic mass is 35.5. The van der Waals surface area contributed by atoms with Gasteiger partial charge in [0.2, 0.25) is 0 Å². The van der Waals surface area contributed by atoms with E-state index >= 15 is 0 Å². The Morgan fingerprint density at radius 2 is 2.21 bits per heavy atom. The van der Waals surface area contributed by atoms with Gasteiger partial charge >= 0.3 is 0 Å². The zero-order valence-corrected chi connectivity index (χ0v) is 9.30. The van der Waals surface area contributed by atoms with E-state index in [1.165, 1.54) is 12.8 Å². The Hall–Kier alpha value is -0.760. The first kappa shape index (κ1) is 9.78. The van der Waals surface area contributed by atoms with E-state index in [0.29, 0.717) is 5.02 Å². The Balaban J connectivity index is 2.13. The fourth-order valence-electron chi connectivity index (χ4n) is 1.73. The first-order valence-corrected chi connectivity index (χ1v) is 5.35. The second-order valence-corrected chi connectivity index (χ2v) is 4.88. The van der Waals surface area contributed by atoms with Crippen LogP contribution in [0, 0.1) is 5.92 Å². The van der Waals surface area contributed by atoms with Crippen LogP contribution in [0.25, 0.3) is 0 Å². The summed E-state index contributed by atoms with van der Waals surface area (Å²) in [6, 6.07) is 1.92. The second kappa shape index (κ2) is 3.43. The summed E-state index contributed by atoms with van der Waals surface area (Å²) in [5.41, 5.74) is 1.13. The smallest absolute Gasteiger partial charge is 0.0820 e. The quantitative estimate of drug-likeness (QED) is 0.828. The molecule has 1 saturated carbocycles. The third kappa shape index (κ3) is 2.01. The molecule has 0 aliphatic heterocycles. The number of nitrogens with zero attached hydrogens (tertiary/aromatic N) is 1. The van der Waals surface area contributed by atoms with Crippen LogP contribution >= 0.6 is 11.6 Å². The largest absolute Gasteiger partial charge is 0.379 e. The van der Waals surface area contributed by atoms with Crippen LogP contribution in [0.3, 0.4) is 0 Å². The third-order valence-electron chi connectivity index (χ3n) is 2.83. The molecule has 0 atom stereocenters. The molecule has 0 unspecified atom stereocenters. The van der Waals surface area contributed by atoms with Crippen molar-refractivity contribution in [2.24, 2.45) is 5.92 Å². The molecule has 2 rings (SSSR count). The standard InChI is InChI=1S/C11H15ClN2/c1-11(2,8-3-4-8)14-10-5-6-13-7-9(10)12/h5-8H,3-4H2,1-2H3,(H,13,14). The highest BCUT2D eigenvalue weighted by Gasteiger charge is 2.37. The maximum absolute atomic E-state index is 6.03. The molecule has 1 fully saturated rings. The summed E-state index contributed by atoms with van der Waals surface area (Å²) in [5, 5.41) is 4.17. The molecule has 3 heteroatoms. The molecule has 14 heavy (non-hydrogen) atoms. The Morgan fingerprint density at radius 1 is 1.50 bits per heavy atom. The molecular weight excluding hydrogens is 196 g/mol. The van der Waals surface area contributed by atoms with E-state index < -0.39 is 0 Å². The van der Waals surface area contributed by atoms with Crippen molar-refractivity contribution in [1.29, 1.82) is 0 Å². The maximum Gasteiger partial charge on any atom is 0.0820 e. The summed E-state index contributed by atoms with van der Waals surface area (Å²) >= 11 is 6.03. The van der Waals surface area contributed by atoms with E-state index in [1.54, 1.807) is 12.4 Å². The fraction of sp³-hybridized carbons (Fsp3) is 0.545. The Labute approximate surface area is 89.7 Å². The molecule has 1 aromatic rings. The lowest BCUT2D eigenvalue weighted by Crippen LogP contribution is -2.33. The number of halogens is 1. The lowest BCUT2D eigenvalue weighted by Gasteiger charge is -2.27. The zero-order chi connectivity index (χ0) is 10.2. The number of hydrogen-bond acceptors (Lipinski definition) is 2. The van der Waals surface area contributed by atoms with Gasteiger partial charge in [-0.2, -0.15) is 0 Å². The number of pyridine rings is 1. The van der Waals surface area contributed by atoms with E-state index in [9.17, 15) is 0 Å². The summed E-state index contributed by atoms with van der Waals surface area (Å²) in [7, 11) is 0. The lowest BCUT2D eigenvalue weighted by molar-refractivity contribution is 0.494. The van der Waals surface area contributed by atoms with Crippen LogP contribution in [0.4, 0.5) is 5.69 Å². The molecule has 0 spiro atoms. The average Bonchev–Trinajstić information content (AvgIpc) is 2.91. The van der Waals surface area contributed by atoms with Gasteiger partial charge in [0.25, 0.3) is 0 Å². The Morgan fingerprint density at radius 3 is 2.79 bits per heavy atom. The molecule has 0 radical (unpaired) electrons. The summed E-state index contributed by atoms with van der Waals surface area (Å²) in [4.78, 5) is 3.96. The van der Waals surface area contributed by atoms with Crippen LogP contribution in [-0.2, 0) is 0 Å². The summed E-state index contributed by atoms with van der Waals surface area (Å²) in [6.07, 6.45) is 6.08. The predicted octanol–water partition coefficient (Wildman–Crippen LogP) is 3.34. The minimum atomic E-state index is 0.144. The number of hydrogen-bond donors (Lipinski definition) is 1. The van der Waals surface area contributed by atoms with Crippen molar-refractivity contribution in [3.63, 3.8) is 0 Å². The van der Waals surface area contributed by atoms with E-state index in [1.807, 2.05) is 6.07 Å². The van der Waals surface area contributed by atoms with Crippen LogP contribution in [-0.4, -0.2) is 10.5 Å². The summed E-state index contributed by atoms with van der Waals surface area (Å²) < 4.78 is 0. The van der Waals surface area contributed by atoms with Crippen molar-refractivity contribution in [1.82, 2.24) is 4.98 Å². The van der Waals surface area contributed by atoms with Crippen molar-refractivity contribution >= 4 is 17.3 Å². The van der Waals surface area contributed by atoms with Crippen molar-refractivity contribution in [3.05, 3.63) is 23.5 Å². The number of rotatable bonds is 3. The molecule has 2 nitrogen and oxygen atoms in total. The first-order valence-electron chi connectivity index (χ1n) is 4.97. The SMILES string of the molecule is CC(C)(Nc1ccncc1Cl)C1CC1. The van der Waals surface area contributed by atoms with Crippen molar-refractivity contribution < 1.29 is 0 Å². The third-order valence-corrected chi connectivity index (χ3v) is 3.13. The molecule has 1 aliphatic rings. The van der Waals surface area contributed by atoms with Gasteiger partial charge in [-0.25, -0.2) is 0 Å². The Kier molecular flexibility index (Phi) is 2.40. The highest BCUT2D eigenvalue weighted by molar-refractivity contribution is 6.33. The second-order valence-electron chi connectivity index (χ2n) is 4.48. The van der Waals surface area contributed by atoms with E-state index in [2.05, 4.69) is 24.1 Å². The number of nitrogens with one attached hydrogen (secondary N) is 1. The topological polar surface area (TPSA) is 24.9 Å². The predicted molar refractivity (Wildman–Crippen MR) is 59.7 cm³/mol. The van der Waals surface area contributed by atoms with Crippen molar-refractivity contribution in [3.8, 4) is 0 Å². The van der Waals surface area contributed by atoms with Crippen LogP contribution in [0.15, 0.2) is 18.5 Å². The van der Waals surface area contributed by atoms with E-state index in [4.69, 9.17) is 11.6 Å². The maximum atomic E-state index is 6.03. The molecule has 1 heterocycles. The minimum absolute atomic E-state index is 0.144. The van der Waals surface area contributed by atoms with Gasteiger partial charge in [-0.15, -0.1) is 0 Å². The van der Waals surface area contributed by atoms with Crippen LogP contribution in [0.5, 0.6) is 0 Å². The molecule has 0 aromatic carbocycles. The molecule has 76 valence electrons. The van der Waals surface area contributed by atoms with Gasteiger partial charge in [0, 0.05) is 17.9 Å². The molecular formula is C11H15ClN2. The molecule has 1 aliphatic carbocycles. The van der Waals surface area contributed by atoms with Gasteiger partial charge in [0.1, 0.15) is 0 Å². The monoisotopic (exact) mass is 210 g/mol. The van der Waals surface area contributed by atoms with Gasteiger partial charge < -0.3 is 5.32 Å². The van der Waals surface area contributed by atoms with E-state index in [-0.39, 0.29) is 5.54 Å². The van der Waals surface area contributed by atoms with Crippen LogP contribution < -0.4 is 5.32 Å². The number of anilines is 1. The van der Waals surface area contributed by atoms with Crippen LogP contribution in [0.2, 0.25) is 5.02 Å². The van der Waals surface area contributed by atoms with Gasteiger partial charge in [-0.1, -0.05) is 11.6 Å². The Bertz CT molecular complexity index is 332. The molecule has 0 amide bonds. The minimum Gasteiger partial charge on any atom is -0.379 e. The van der Waals surface area contributed by atoms with Gasteiger partial charge in [-0.05, 0) is 38.7 Å². The van der Waals surface area contributed by atoms with Gasteiger partial charge in [0.05, 0.1) is 10.7 Å². The molecule has 1 N–H and O–H groups in total. The van der Waals surface area contributed by atoms with Crippen LogP contribution in [0.1, 0.15) is 26.7 Å². The molecule has 1 aromatic heterocycles.